The van der Waals surface area contributed by atoms with Gasteiger partial charge in [-0.05, 0) is 48.9 Å². The third kappa shape index (κ3) is 3.62. The number of likely N-dealkylation sites (tertiary alicyclic amines) is 1. The summed E-state index contributed by atoms with van der Waals surface area (Å²) in [5, 5.41) is 4.23. The Bertz CT molecular complexity index is 1080. The minimum absolute atomic E-state index is 0.0252. The van der Waals surface area contributed by atoms with E-state index < -0.39 is 11.7 Å². The molecule has 1 aromatic carbocycles. The molecule has 0 bridgehead atoms. The van der Waals surface area contributed by atoms with Crippen molar-refractivity contribution in [3.63, 3.8) is 0 Å². The highest BCUT2D eigenvalue weighted by atomic mass is 19.4. The Morgan fingerprint density at radius 3 is 2.73 bits per heavy atom. The van der Waals surface area contributed by atoms with Crippen LogP contribution in [0.4, 0.5) is 19.0 Å². The molecule has 3 unspecified atom stereocenters. The van der Waals surface area contributed by atoms with E-state index in [-0.39, 0.29) is 11.9 Å². The number of para-hydroxylation sites is 1. The van der Waals surface area contributed by atoms with Crippen LogP contribution in [0.5, 0.6) is 0 Å². The van der Waals surface area contributed by atoms with Crippen molar-refractivity contribution in [1.29, 1.82) is 0 Å². The number of anilines is 1. The van der Waals surface area contributed by atoms with Gasteiger partial charge in [0, 0.05) is 36.9 Å². The van der Waals surface area contributed by atoms with Crippen molar-refractivity contribution < 1.29 is 18.0 Å². The summed E-state index contributed by atoms with van der Waals surface area (Å²) in [5.41, 5.74) is 0.697. The Labute approximate surface area is 171 Å². The predicted octanol–water partition coefficient (Wildman–Crippen LogP) is 4.54. The van der Waals surface area contributed by atoms with Gasteiger partial charge in [0.2, 0.25) is 0 Å². The number of nitrogens with zero attached hydrogens (tertiary/aromatic N) is 2. The van der Waals surface area contributed by atoms with E-state index in [0.717, 1.165) is 36.0 Å². The van der Waals surface area contributed by atoms with Gasteiger partial charge in [0.25, 0.3) is 5.91 Å². The van der Waals surface area contributed by atoms with Gasteiger partial charge in [-0.25, -0.2) is 4.98 Å². The number of H-pyrrole nitrogens is 1. The molecule has 2 fully saturated rings. The van der Waals surface area contributed by atoms with E-state index in [9.17, 15) is 18.0 Å². The van der Waals surface area contributed by atoms with Crippen LogP contribution in [0.3, 0.4) is 0 Å². The molecule has 3 atom stereocenters. The highest BCUT2D eigenvalue weighted by Crippen LogP contribution is 2.45. The number of alkyl halides is 3. The van der Waals surface area contributed by atoms with Crippen LogP contribution >= 0.6 is 0 Å². The van der Waals surface area contributed by atoms with Crippen molar-refractivity contribution in [3.05, 3.63) is 59.9 Å². The van der Waals surface area contributed by atoms with Crippen LogP contribution in [0.2, 0.25) is 0 Å². The molecule has 2 aliphatic rings. The molecular formula is C22H21F3N4O. The third-order valence-corrected chi connectivity index (χ3v) is 6.10. The van der Waals surface area contributed by atoms with Crippen molar-refractivity contribution in [2.45, 2.75) is 25.1 Å². The molecule has 1 aliphatic carbocycles. The number of carbonyl (C=O) groups is 1. The Morgan fingerprint density at radius 2 is 1.97 bits per heavy atom. The van der Waals surface area contributed by atoms with Crippen LogP contribution in [-0.4, -0.2) is 39.9 Å². The lowest BCUT2D eigenvalue weighted by atomic mass is 10.1. The fourth-order valence-electron chi connectivity index (χ4n) is 4.45. The van der Waals surface area contributed by atoms with Gasteiger partial charge >= 0.3 is 6.18 Å². The zero-order valence-corrected chi connectivity index (χ0v) is 16.1. The molecule has 1 aliphatic heterocycles. The summed E-state index contributed by atoms with van der Waals surface area (Å²) in [5.74, 6) is 1.40. The molecule has 0 radical (unpaired) electrons. The minimum Gasteiger partial charge on any atom is -0.366 e. The molecule has 0 spiro atoms. The SMILES string of the molecule is O=C(c1cccc2cc[nH]c12)N1CC(Nc2ccc(C(F)(F)F)cn2)CC2CC2C1. The number of hydrogen-bond acceptors (Lipinski definition) is 3. The molecule has 1 saturated heterocycles. The highest BCUT2D eigenvalue weighted by molar-refractivity contribution is 6.05. The third-order valence-electron chi connectivity index (χ3n) is 6.10. The Hall–Kier alpha value is -3.03. The number of hydrogen-bond donors (Lipinski definition) is 2. The molecule has 1 amide bonds. The average Bonchev–Trinajstić information content (AvgIpc) is 3.28. The summed E-state index contributed by atoms with van der Waals surface area (Å²) in [6.45, 7) is 1.20. The topological polar surface area (TPSA) is 61.0 Å². The Morgan fingerprint density at radius 1 is 1.10 bits per heavy atom. The molecule has 30 heavy (non-hydrogen) atoms. The van der Waals surface area contributed by atoms with Gasteiger partial charge in [0.1, 0.15) is 5.82 Å². The number of aromatic nitrogens is 2. The van der Waals surface area contributed by atoms with E-state index in [2.05, 4.69) is 15.3 Å². The molecule has 1 saturated carbocycles. The number of benzene rings is 1. The molecule has 156 valence electrons. The second kappa shape index (κ2) is 7.04. The quantitative estimate of drug-likeness (QED) is 0.661. The second-order valence-electron chi connectivity index (χ2n) is 8.22. The molecule has 3 heterocycles. The van der Waals surface area contributed by atoms with Gasteiger partial charge in [-0.3, -0.25) is 4.79 Å². The lowest BCUT2D eigenvalue weighted by molar-refractivity contribution is -0.137. The van der Waals surface area contributed by atoms with Crippen molar-refractivity contribution in [3.8, 4) is 0 Å². The van der Waals surface area contributed by atoms with Gasteiger partial charge in [-0.2, -0.15) is 13.2 Å². The number of carbonyl (C=O) groups excluding carboxylic acids is 1. The number of amides is 1. The number of halogens is 3. The molecule has 5 rings (SSSR count). The fourth-order valence-corrected chi connectivity index (χ4v) is 4.45. The monoisotopic (exact) mass is 414 g/mol. The van der Waals surface area contributed by atoms with Gasteiger partial charge in [0.15, 0.2) is 0 Å². The first kappa shape index (κ1) is 19.0. The van der Waals surface area contributed by atoms with Crippen LogP contribution < -0.4 is 5.32 Å². The molecule has 5 nitrogen and oxygen atoms in total. The fraction of sp³-hybridized carbons (Fsp3) is 0.364. The number of aromatic amines is 1. The normalized spacial score (nSPS) is 23.7. The molecule has 2 aromatic heterocycles. The maximum absolute atomic E-state index is 13.3. The van der Waals surface area contributed by atoms with E-state index in [1.807, 2.05) is 35.4 Å². The largest absolute Gasteiger partial charge is 0.417 e. The highest BCUT2D eigenvalue weighted by Gasteiger charge is 2.44. The van der Waals surface area contributed by atoms with Gasteiger partial charge in [0.05, 0.1) is 16.6 Å². The molecule has 8 heteroatoms. The summed E-state index contributed by atoms with van der Waals surface area (Å²) in [7, 11) is 0. The zero-order valence-electron chi connectivity index (χ0n) is 16.1. The van der Waals surface area contributed by atoms with Crippen molar-refractivity contribution in [2.75, 3.05) is 18.4 Å². The summed E-state index contributed by atoms with van der Waals surface area (Å²) in [4.78, 5) is 22.3. The van der Waals surface area contributed by atoms with Crippen molar-refractivity contribution in [1.82, 2.24) is 14.9 Å². The van der Waals surface area contributed by atoms with Crippen molar-refractivity contribution >= 4 is 22.6 Å². The minimum atomic E-state index is -4.41. The van der Waals surface area contributed by atoms with E-state index >= 15 is 0 Å². The summed E-state index contributed by atoms with van der Waals surface area (Å²) >= 11 is 0. The van der Waals surface area contributed by atoms with Crippen LogP contribution in [0.1, 0.15) is 28.8 Å². The summed E-state index contributed by atoms with van der Waals surface area (Å²) in [6.07, 6.45) is 0.214. The number of rotatable bonds is 3. The van der Waals surface area contributed by atoms with E-state index in [1.165, 1.54) is 6.07 Å². The van der Waals surface area contributed by atoms with Crippen LogP contribution in [-0.2, 0) is 6.18 Å². The first-order valence-corrected chi connectivity index (χ1v) is 10.0. The first-order valence-electron chi connectivity index (χ1n) is 10.0. The maximum Gasteiger partial charge on any atom is 0.417 e. The van der Waals surface area contributed by atoms with Gasteiger partial charge in [-0.15, -0.1) is 0 Å². The Kier molecular flexibility index (Phi) is 4.45. The summed E-state index contributed by atoms with van der Waals surface area (Å²) in [6, 6.07) is 9.93. The van der Waals surface area contributed by atoms with Crippen LogP contribution in [0, 0.1) is 11.8 Å². The maximum atomic E-state index is 13.3. The van der Waals surface area contributed by atoms with Gasteiger partial charge < -0.3 is 15.2 Å². The number of pyridine rings is 1. The second-order valence-corrected chi connectivity index (χ2v) is 8.22. The molecular weight excluding hydrogens is 393 g/mol. The molecule has 2 N–H and O–H groups in total. The first-order chi connectivity index (χ1) is 14.4. The zero-order chi connectivity index (χ0) is 20.9. The van der Waals surface area contributed by atoms with E-state index in [1.54, 1.807) is 0 Å². The predicted molar refractivity (Wildman–Crippen MR) is 107 cm³/mol. The lowest BCUT2D eigenvalue weighted by Crippen LogP contribution is -2.40. The molecule has 3 aromatic rings. The van der Waals surface area contributed by atoms with E-state index in [0.29, 0.717) is 36.3 Å². The van der Waals surface area contributed by atoms with E-state index in [4.69, 9.17) is 0 Å². The average molecular weight is 414 g/mol. The number of nitrogens with one attached hydrogen (secondary N) is 2. The lowest BCUT2D eigenvalue weighted by Gasteiger charge is -2.27. The number of fused-ring (bicyclic) bond motifs is 2. The van der Waals surface area contributed by atoms with Crippen LogP contribution in [0.25, 0.3) is 10.9 Å². The van der Waals surface area contributed by atoms with Gasteiger partial charge in [-0.1, -0.05) is 12.1 Å². The van der Waals surface area contributed by atoms with Crippen molar-refractivity contribution in [2.24, 2.45) is 11.8 Å². The van der Waals surface area contributed by atoms with Crippen LogP contribution in [0.15, 0.2) is 48.8 Å². The Balaban J connectivity index is 1.35. The smallest absolute Gasteiger partial charge is 0.366 e. The standard InChI is InChI=1S/C22H21F3N4O/c23-22(24,25)16-4-5-19(27-10-16)28-17-9-14-8-15(14)11-29(12-17)21(30)18-3-1-2-13-6-7-26-20(13)18/h1-7,10,14-15,17,26H,8-9,11-12H2,(H,27,28). The summed E-state index contributed by atoms with van der Waals surface area (Å²) < 4.78 is 38.3.